The molecule has 4 heteroatoms. The van der Waals surface area contributed by atoms with Gasteiger partial charge in [-0.1, -0.05) is 6.07 Å². The van der Waals surface area contributed by atoms with Gasteiger partial charge in [-0.2, -0.15) is 5.26 Å². The van der Waals surface area contributed by atoms with Crippen LogP contribution in [0.5, 0.6) is 0 Å². The molecule has 0 spiro atoms. The number of hydrogen-bond donors (Lipinski definition) is 1. The molecule has 0 radical (unpaired) electrons. The highest BCUT2D eigenvalue weighted by molar-refractivity contribution is 5.92. The van der Waals surface area contributed by atoms with Crippen LogP contribution in [0.25, 0.3) is 0 Å². The minimum atomic E-state index is -0.495. The molecule has 0 fully saturated rings. The first kappa shape index (κ1) is 14.2. The van der Waals surface area contributed by atoms with Crippen molar-refractivity contribution in [3.05, 3.63) is 29.3 Å². The van der Waals surface area contributed by atoms with Crippen molar-refractivity contribution >= 4 is 11.6 Å². The number of aryl methyl sites for hydroxylation is 1. The van der Waals surface area contributed by atoms with E-state index in [-0.39, 0.29) is 12.3 Å². The predicted octanol–water partition coefficient (Wildman–Crippen LogP) is 2.62. The van der Waals surface area contributed by atoms with Gasteiger partial charge in [0.1, 0.15) is 0 Å². The van der Waals surface area contributed by atoms with Gasteiger partial charge in [0.25, 0.3) is 0 Å². The van der Waals surface area contributed by atoms with Gasteiger partial charge in [-0.3, -0.25) is 4.79 Å². The van der Waals surface area contributed by atoms with Crippen molar-refractivity contribution in [2.75, 3.05) is 12.4 Å². The van der Waals surface area contributed by atoms with Crippen LogP contribution in [-0.4, -0.2) is 18.6 Å². The summed E-state index contributed by atoms with van der Waals surface area (Å²) < 4.78 is 5.21. The minimum absolute atomic E-state index is 0.125. The lowest BCUT2D eigenvalue weighted by Crippen LogP contribution is -2.29. The highest BCUT2D eigenvalue weighted by Crippen LogP contribution is 2.19. The molecule has 0 aliphatic heterocycles. The lowest BCUT2D eigenvalue weighted by Gasteiger charge is -2.22. The lowest BCUT2D eigenvalue weighted by molar-refractivity contribution is -0.121. The van der Waals surface area contributed by atoms with Crippen molar-refractivity contribution in [1.29, 1.82) is 5.26 Å². The molecular weight excluding hydrogens is 228 g/mol. The summed E-state index contributed by atoms with van der Waals surface area (Å²) in [5.74, 6) is -0.125. The molecule has 0 unspecified atom stereocenters. The predicted molar refractivity (Wildman–Crippen MR) is 70.2 cm³/mol. The second-order valence-corrected chi connectivity index (χ2v) is 4.83. The number of ether oxygens (including phenoxy) is 1. The third kappa shape index (κ3) is 3.86. The van der Waals surface area contributed by atoms with E-state index in [9.17, 15) is 4.79 Å². The molecule has 96 valence electrons. The summed E-state index contributed by atoms with van der Waals surface area (Å²) >= 11 is 0. The zero-order chi connectivity index (χ0) is 13.8. The van der Waals surface area contributed by atoms with Crippen LogP contribution in [0.15, 0.2) is 18.2 Å². The maximum Gasteiger partial charge on any atom is 0.227 e. The summed E-state index contributed by atoms with van der Waals surface area (Å²) in [6, 6.07) is 7.27. The third-order valence-electron chi connectivity index (χ3n) is 2.78. The van der Waals surface area contributed by atoms with Crippen LogP contribution in [0.3, 0.4) is 0 Å². The molecule has 0 bridgehead atoms. The number of nitrogens with zero attached hydrogens (tertiary/aromatic N) is 1. The average molecular weight is 246 g/mol. The Morgan fingerprint density at radius 2 is 2.17 bits per heavy atom. The van der Waals surface area contributed by atoms with Crippen molar-refractivity contribution in [1.82, 2.24) is 0 Å². The van der Waals surface area contributed by atoms with Crippen LogP contribution < -0.4 is 5.32 Å². The Bertz CT molecular complexity index is 487. The first-order chi connectivity index (χ1) is 8.38. The lowest BCUT2D eigenvalue weighted by atomic mass is 10.0. The van der Waals surface area contributed by atoms with Gasteiger partial charge in [0.15, 0.2) is 0 Å². The van der Waals surface area contributed by atoms with Gasteiger partial charge < -0.3 is 10.1 Å². The number of carbonyl (C=O) groups excluding carboxylic acids is 1. The van der Waals surface area contributed by atoms with Gasteiger partial charge in [-0.25, -0.2) is 0 Å². The van der Waals surface area contributed by atoms with E-state index < -0.39 is 5.60 Å². The van der Waals surface area contributed by atoms with E-state index in [2.05, 4.69) is 11.4 Å². The van der Waals surface area contributed by atoms with Crippen molar-refractivity contribution in [3.8, 4) is 6.07 Å². The number of rotatable bonds is 4. The molecule has 0 aliphatic carbocycles. The van der Waals surface area contributed by atoms with Gasteiger partial charge in [0, 0.05) is 12.8 Å². The van der Waals surface area contributed by atoms with E-state index in [4.69, 9.17) is 10.00 Å². The number of benzene rings is 1. The van der Waals surface area contributed by atoms with E-state index in [0.717, 1.165) is 5.56 Å². The maximum atomic E-state index is 11.9. The smallest absolute Gasteiger partial charge is 0.227 e. The third-order valence-corrected chi connectivity index (χ3v) is 2.78. The molecule has 1 aromatic carbocycles. The number of hydrogen-bond acceptors (Lipinski definition) is 3. The fourth-order valence-electron chi connectivity index (χ4n) is 1.48. The minimum Gasteiger partial charge on any atom is -0.378 e. The second kappa shape index (κ2) is 5.65. The summed E-state index contributed by atoms with van der Waals surface area (Å²) in [6.45, 7) is 5.59. The Balaban J connectivity index is 2.79. The highest BCUT2D eigenvalue weighted by atomic mass is 16.5. The molecule has 0 heterocycles. The molecule has 0 saturated carbocycles. The highest BCUT2D eigenvalue weighted by Gasteiger charge is 2.21. The van der Waals surface area contributed by atoms with Crippen LogP contribution in [-0.2, 0) is 9.53 Å². The monoisotopic (exact) mass is 246 g/mol. The van der Waals surface area contributed by atoms with E-state index in [0.29, 0.717) is 11.3 Å². The summed E-state index contributed by atoms with van der Waals surface area (Å²) in [7, 11) is 1.58. The quantitative estimate of drug-likeness (QED) is 0.888. The molecule has 1 N–H and O–H groups in total. The fraction of sp³-hybridized carbons (Fsp3) is 0.429. The first-order valence-electron chi connectivity index (χ1n) is 5.74. The Labute approximate surface area is 108 Å². The van der Waals surface area contributed by atoms with E-state index in [1.165, 1.54) is 0 Å². The van der Waals surface area contributed by atoms with Gasteiger partial charge in [-0.15, -0.1) is 0 Å². The zero-order valence-electron chi connectivity index (χ0n) is 11.2. The summed E-state index contributed by atoms with van der Waals surface area (Å²) in [5.41, 5.74) is 1.63. The molecule has 1 amide bonds. The number of nitrogens with one attached hydrogen (secondary N) is 1. The number of carbonyl (C=O) groups is 1. The van der Waals surface area contributed by atoms with Crippen LogP contribution in [0.1, 0.15) is 31.4 Å². The molecule has 4 nitrogen and oxygen atoms in total. The van der Waals surface area contributed by atoms with Gasteiger partial charge in [-0.05, 0) is 38.5 Å². The zero-order valence-corrected chi connectivity index (χ0v) is 11.2. The van der Waals surface area contributed by atoms with Crippen molar-refractivity contribution in [2.45, 2.75) is 32.8 Å². The Hall–Kier alpha value is -1.86. The fourth-order valence-corrected chi connectivity index (χ4v) is 1.48. The maximum absolute atomic E-state index is 11.9. The number of methoxy groups -OCH3 is 1. The van der Waals surface area contributed by atoms with Gasteiger partial charge in [0.05, 0.1) is 23.7 Å². The van der Waals surface area contributed by atoms with E-state index >= 15 is 0 Å². The van der Waals surface area contributed by atoms with Crippen LogP contribution in [0.2, 0.25) is 0 Å². The van der Waals surface area contributed by atoms with Crippen molar-refractivity contribution in [3.63, 3.8) is 0 Å². The Kier molecular flexibility index (Phi) is 4.46. The normalized spacial score (nSPS) is 10.8. The van der Waals surface area contributed by atoms with Gasteiger partial charge >= 0.3 is 0 Å². The van der Waals surface area contributed by atoms with E-state index in [1.807, 2.05) is 26.8 Å². The SMILES string of the molecule is COC(C)(C)CC(=O)Nc1cc(C#N)ccc1C. The summed E-state index contributed by atoms with van der Waals surface area (Å²) in [4.78, 5) is 11.9. The molecule has 0 atom stereocenters. The van der Waals surface area contributed by atoms with Crippen LogP contribution in [0.4, 0.5) is 5.69 Å². The Morgan fingerprint density at radius 1 is 1.50 bits per heavy atom. The Morgan fingerprint density at radius 3 is 2.72 bits per heavy atom. The van der Waals surface area contributed by atoms with Crippen LogP contribution in [0, 0.1) is 18.3 Å². The number of anilines is 1. The van der Waals surface area contributed by atoms with Crippen molar-refractivity contribution in [2.24, 2.45) is 0 Å². The summed E-state index contributed by atoms with van der Waals surface area (Å²) in [5, 5.41) is 11.6. The van der Waals surface area contributed by atoms with E-state index in [1.54, 1.807) is 19.2 Å². The molecule has 1 aromatic rings. The topological polar surface area (TPSA) is 62.1 Å². The number of amides is 1. The molecule has 18 heavy (non-hydrogen) atoms. The standard InChI is InChI=1S/C14H18N2O2/c1-10-5-6-11(9-15)7-12(10)16-13(17)8-14(2,3)18-4/h5-7H,8H2,1-4H3,(H,16,17). The molecule has 0 aromatic heterocycles. The average Bonchev–Trinajstić information content (AvgIpc) is 2.31. The second-order valence-electron chi connectivity index (χ2n) is 4.83. The molecule has 0 aliphatic rings. The first-order valence-corrected chi connectivity index (χ1v) is 5.74. The summed E-state index contributed by atoms with van der Waals surface area (Å²) in [6.07, 6.45) is 0.264. The van der Waals surface area contributed by atoms with Gasteiger partial charge in [0.2, 0.25) is 5.91 Å². The molecular formula is C14H18N2O2. The molecule has 1 rings (SSSR count). The largest absolute Gasteiger partial charge is 0.378 e. The van der Waals surface area contributed by atoms with Crippen LogP contribution >= 0.6 is 0 Å². The number of nitriles is 1. The molecule has 0 saturated heterocycles. The van der Waals surface area contributed by atoms with Crippen molar-refractivity contribution < 1.29 is 9.53 Å².